The number of imide groups is 1. The van der Waals surface area contributed by atoms with Crippen LogP contribution in [0, 0.1) is 5.82 Å². The first-order chi connectivity index (χ1) is 16.8. The van der Waals surface area contributed by atoms with Crippen molar-refractivity contribution in [3.8, 4) is 0 Å². The number of halogens is 1. The Labute approximate surface area is 204 Å². The van der Waals surface area contributed by atoms with Crippen LogP contribution in [0.4, 0.5) is 14.9 Å². The molecule has 1 fully saturated rings. The van der Waals surface area contributed by atoms with Gasteiger partial charge in [-0.1, -0.05) is 18.2 Å². The van der Waals surface area contributed by atoms with E-state index < -0.39 is 29.0 Å². The average molecular weight is 496 g/mol. The van der Waals surface area contributed by atoms with E-state index in [2.05, 4.69) is 5.32 Å². The summed E-state index contributed by atoms with van der Waals surface area (Å²) in [5.74, 6) is -1.94. The number of para-hydroxylation sites is 1. The first-order valence-electron chi connectivity index (χ1n) is 10.9. The monoisotopic (exact) mass is 495 g/mol. The molecule has 1 atom stereocenters. The molecular formula is C25H22FN3O5S. The Balaban J connectivity index is 1.59. The maximum Gasteiger partial charge on any atom is 0.329 e. The molecule has 1 aliphatic rings. The highest BCUT2D eigenvalue weighted by molar-refractivity contribution is 8.18. The molecule has 35 heavy (non-hydrogen) atoms. The number of esters is 1. The zero-order valence-electron chi connectivity index (χ0n) is 19.0. The van der Waals surface area contributed by atoms with Gasteiger partial charge in [0, 0.05) is 28.4 Å². The van der Waals surface area contributed by atoms with Gasteiger partial charge in [-0.05, 0) is 62.0 Å². The molecule has 4 rings (SSSR count). The molecule has 8 nitrogen and oxygen atoms in total. The van der Waals surface area contributed by atoms with Gasteiger partial charge in [-0.2, -0.15) is 0 Å². The molecule has 1 aliphatic heterocycles. The van der Waals surface area contributed by atoms with Crippen molar-refractivity contribution in [1.29, 1.82) is 0 Å². The molecule has 1 unspecified atom stereocenters. The van der Waals surface area contributed by atoms with Crippen LogP contribution in [0.5, 0.6) is 0 Å². The molecule has 2 aromatic carbocycles. The molecule has 0 spiro atoms. The number of carbonyl (C=O) groups excluding carboxylic acids is 4. The highest BCUT2D eigenvalue weighted by Crippen LogP contribution is 2.35. The van der Waals surface area contributed by atoms with E-state index in [9.17, 15) is 23.6 Å². The molecule has 180 valence electrons. The van der Waals surface area contributed by atoms with Gasteiger partial charge in [0.15, 0.2) is 0 Å². The van der Waals surface area contributed by atoms with E-state index >= 15 is 0 Å². The van der Waals surface area contributed by atoms with Gasteiger partial charge < -0.3 is 14.6 Å². The molecular weight excluding hydrogens is 473 g/mol. The lowest BCUT2D eigenvalue weighted by molar-refractivity contribution is -0.150. The van der Waals surface area contributed by atoms with Gasteiger partial charge in [-0.3, -0.25) is 19.3 Å². The largest absolute Gasteiger partial charge is 0.464 e. The molecule has 0 radical (unpaired) electrons. The van der Waals surface area contributed by atoms with Gasteiger partial charge in [0.05, 0.1) is 11.5 Å². The maximum atomic E-state index is 13.1. The zero-order valence-corrected chi connectivity index (χ0v) is 19.8. The molecule has 10 heteroatoms. The second kappa shape index (κ2) is 10.1. The number of nitrogens with zero attached hydrogens (tertiary/aromatic N) is 2. The normalized spacial score (nSPS) is 15.6. The number of fused-ring (bicyclic) bond motifs is 1. The number of benzene rings is 2. The lowest BCUT2D eigenvalue weighted by Crippen LogP contribution is -2.42. The maximum absolute atomic E-state index is 13.1. The smallest absolute Gasteiger partial charge is 0.329 e. The predicted octanol–water partition coefficient (Wildman–Crippen LogP) is 4.41. The van der Waals surface area contributed by atoms with Crippen molar-refractivity contribution in [1.82, 2.24) is 9.47 Å². The number of carbonyl (C=O) groups is 4. The Morgan fingerprint density at radius 2 is 1.86 bits per heavy atom. The van der Waals surface area contributed by atoms with E-state index in [0.717, 1.165) is 27.6 Å². The van der Waals surface area contributed by atoms with Crippen molar-refractivity contribution in [3.05, 3.63) is 71.0 Å². The number of ether oxygens (including phenoxy) is 1. The molecule has 0 aliphatic carbocycles. The van der Waals surface area contributed by atoms with Crippen LogP contribution in [0.2, 0.25) is 0 Å². The summed E-state index contributed by atoms with van der Waals surface area (Å²) in [4.78, 5) is 51.1. The summed E-state index contributed by atoms with van der Waals surface area (Å²) in [6, 6.07) is 11.8. The van der Waals surface area contributed by atoms with Crippen LogP contribution in [0.3, 0.4) is 0 Å². The van der Waals surface area contributed by atoms with Gasteiger partial charge >= 0.3 is 5.97 Å². The van der Waals surface area contributed by atoms with E-state index in [-0.39, 0.29) is 24.0 Å². The quantitative estimate of drug-likeness (QED) is 0.385. The summed E-state index contributed by atoms with van der Waals surface area (Å²) in [5.41, 5.74) is 1.87. The SMILES string of the molecule is CCOC(=O)C(C)N1C(=O)S/C(=C\c2cn(CC(=O)Nc3ccc(F)cc3)c3ccccc23)C1=O. The summed E-state index contributed by atoms with van der Waals surface area (Å²) >= 11 is 0.747. The molecule has 0 bridgehead atoms. The number of rotatable bonds is 7. The number of hydrogen-bond donors (Lipinski definition) is 1. The standard InChI is InChI=1S/C25H22FN3O5S/c1-3-34-24(32)15(2)29-23(31)21(35-25(29)33)12-16-13-28(20-7-5-4-6-19(16)20)14-22(30)27-18-10-8-17(26)9-11-18/h4-13,15H,3,14H2,1-2H3,(H,27,30)/b21-12-. The van der Waals surface area contributed by atoms with Gasteiger partial charge in [0.2, 0.25) is 5.91 Å². The van der Waals surface area contributed by atoms with E-state index in [1.54, 1.807) is 23.8 Å². The van der Waals surface area contributed by atoms with Crippen LogP contribution in [-0.2, 0) is 25.7 Å². The lowest BCUT2D eigenvalue weighted by atomic mass is 10.1. The zero-order chi connectivity index (χ0) is 25.1. The third-order valence-electron chi connectivity index (χ3n) is 5.39. The fourth-order valence-corrected chi connectivity index (χ4v) is 4.63. The average Bonchev–Trinajstić information content (AvgIpc) is 3.31. The third-order valence-corrected chi connectivity index (χ3v) is 6.27. The number of amides is 3. The second-order valence-corrected chi connectivity index (χ2v) is 8.76. The van der Waals surface area contributed by atoms with Gasteiger partial charge in [0.25, 0.3) is 11.1 Å². The summed E-state index contributed by atoms with van der Waals surface area (Å²) in [6.07, 6.45) is 3.30. The first-order valence-corrected chi connectivity index (χ1v) is 11.7. The number of nitrogens with one attached hydrogen (secondary N) is 1. The minimum absolute atomic E-state index is 0.0207. The Hall–Kier alpha value is -3.92. The van der Waals surface area contributed by atoms with Crippen molar-refractivity contribution in [2.45, 2.75) is 26.4 Å². The Kier molecular flexibility index (Phi) is 7.02. The highest BCUT2D eigenvalue weighted by atomic mass is 32.2. The van der Waals surface area contributed by atoms with Crippen molar-refractivity contribution < 1.29 is 28.3 Å². The topological polar surface area (TPSA) is 97.7 Å². The van der Waals surface area contributed by atoms with E-state index in [1.807, 2.05) is 24.3 Å². The number of aromatic nitrogens is 1. The molecule has 2 heterocycles. The fraction of sp³-hybridized carbons (Fsp3) is 0.200. The summed E-state index contributed by atoms with van der Waals surface area (Å²) in [6.45, 7) is 3.22. The van der Waals surface area contributed by atoms with Crippen molar-refractivity contribution in [3.63, 3.8) is 0 Å². The Bertz CT molecular complexity index is 1350. The molecule has 1 saturated heterocycles. The van der Waals surface area contributed by atoms with Gasteiger partial charge in [0.1, 0.15) is 18.4 Å². The van der Waals surface area contributed by atoms with Crippen LogP contribution < -0.4 is 5.32 Å². The molecule has 3 aromatic rings. The molecule has 1 aromatic heterocycles. The van der Waals surface area contributed by atoms with Crippen LogP contribution in [-0.4, -0.2) is 45.1 Å². The lowest BCUT2D eigenvalue weighted by Gasteiger charge is -2.19. The summed E-state index contributed by atoms with van der Waals surface area (Å²) in [5, 5.41) is 2.95. The van der Waals surface area contributed by atoms with Crippen molar-refractivity contribution >= 4 is 57.5 Å². The molecule has 3 amide bonds. The van der Waals surface area contributed by atoms with Crippen LogP contribution in [0.1, 0.15) is 19.4 Å². The van der Waals surface area contributed by atoms with Gasteiger partial charge in [-0.25, -0.2) is 9.18 Å². The summed E-state index contributed by atoms with van der Waals surface area (Å²) in [7, 11) is 0. The number of anilines is 1. The highest BCUT2D eigenvalue weighted by Gasteiger charge is 2.41. The van der Waals surface area contributed by atoms with Crippen LogP contribution in [0.15, 0.2) is 59.6 Å². The van der Waals surface area contributed by atoms with Crippen LogP contribution in [0.25, 0.3) is 17.0 Å². The Morgan fingerprint density at radius 1 is 1.14 bits per heavy atom. The summed E-state index contributed by atoms with van der Waals surface area (Å²) < 4.78 is 19.8. The van der Waals surface area contributed by atoms with Crippen molar-refractivity contribution in [2.75, 3.05) is 11.9 Å². The van der Waals surface area contributed by atoms with Crippen molar-refractivity contribution in [2.24, 2.45) is 0 Å². The minimum Gasteiger partial charge on any atom is -0.464 e. The van der Waals surface area contributed by atoms with E-state index in [4.69, 9.17) is 4.74 Å². The second-order valence-electron chi connectivity index (χ2n) is 7.76. The molecule has 0 saturated carbocycles. The third kappa shape index (κ3) is 5.12. The first kappa shape index (κ1) is 24.2. The fourth-order valence-electron chi connectivity index (χ4n) is 3.73. The predicted molar refractivity (Wildman–Crippen MR) is 131 cm³/mol. The van der Waals surface area contributed by atoms with E-state index in [0.29, 0.717) is 11.3 Å². The van der Waals surface area contributed by atoms with E-state index in [1.165, 1.54) is 31.2 Å². The number of thioether (sulfide) groups is 1. The minimum atomic E-state index is -1.04. The van der Waals surface area contributed by atoms with Crippen LogP contribution >= 0.6 is 11.8 Å². The number of hydrogen-bond acceptors (Lipinski definition) is 6. The molecule has 1 N–H and O–H groups in total. The van der Waals surface area contributed by atoms with Gasteiger partial charge in [-0.15, -0.1) is 0 Å². The Morgan fingerprint density at radius 3 is 2.57 bits per heavy atom.